The monoisotopic (exact) mass is 354 g/mol. The van der Waals surface area contributed by atoms with E-state index in [1.807, 2.05) is 0 Å². The topological polar surface area (TPSA) is 56.3 Å². The molecule has 26 heavy (non-hydrogen) atoms. The van der Waals surface area contributed by atoms with E-state index in [0.29, 0.717) is 5.89 Å². The minimum Gasteiger partial charge on any atom is -0.419 e. The van der Waals surface area contributed by atoms with E-state index in [1.165, 1.54) is 10.9 Å². The summed E-state index contributed by atoms with van der Waals surface area (Å²) >= 11 is 0. The number of rotatable bonds is 7. The average Bonchev–Trinajstić information content (AvgIpc) is 3.30. The molecule has 1 aliphatic rings. The molecule has 0 N–H and O–H groups in total. The van der Waals surface area contributed by atoms with E-state index >= 15 is 0 Å². The van der Waals surface area contributed by atoms with Gasteiger partial charge in [0.15, 0.2) is 0 Å². The Balaban J connectivity index is 1.61. The first kappa shape index (κ1) is 17.2. The van der Waals surface area contributed by atoms with E-state index in [-0.39, 0.29) is 0 Å². The van der Waals surface area contributed by atoms with Crippen LogP contribution >= 0.6 is 0 Å². The van der Waals surface area contributed by atoms with Crippen molar-refractivity contribution in [1.82, 2.24) is 19.7 Å². The van der Waals surface area contributed by atoms with Crippen LogP contribution < -0.4 is 0 Å². The van der Waals surface area contributed by atoms with Crippen LogP contribution in [0.4, 0.5) is 0 Å². The highest BCUT2D eigenvalue weighted by Gasteiger charge is 2.17. The number of aromatic nitrogens is 3. The van der Waals surface area contributed by atoms with Gasteiger partial charge in [-0.1, -0.05) is 31.5 Å². The molecule has 6 nitrogen and oxygen atoms in total. The van der Waals surface area contributed by atoms with Gasteiger partial charge in [-0.05, 0) is 18.6 Å². The highest BCUT2D eigenvalue weighted by molar-refractivity contribution is 5.85. The third-order valence-electron chi connectivity index (χ3n) is 4.98. The second-order valence-electron chi connectivity index (χ2n) is 6.80. The Morgan fingerprint density at radius 2 is 1.92 bits per heavy atom. The zero-order valence-corrected chi connectivity index (χ0v) is 15.4. The van der Waals surface area contributed by atoms with Gasteiger partial charge in [0, 0.05) is 43.5 Å². The van der Waals surface area contributed by atoms with Crippen molar-refractivity contribution in [3.8, 4) is 11.6 Å². The van der Waals surface area contributed by atoms with Crippen molar-refractivity contribution in [2.75, 3.05) is 32.8 Å². The van der Waals surface area contributed by atoms with Gasteiger partial charge in [-0.2, -0.15) is 0 Å². The predicted octanol–water partition coefficient (Wildman–Crippen LogP) is 3.37. The average molecular weight is 354 g/mol. The number of benzene rings is 1. The third kappa shape index (κ3) is 3.66. The molecule has 0 spiro atoms. The second kappa shape index (κ2) is 8.01. The van der Waals surface area contributed by atoms with E-state index < -0.39 is 0 Å². The lowest BCUT2D eigenvalue weighted by molar-refractivity contribution is 0.0366. The molecule has 2 aromatic heterocycles. The number of morpholine rings is 1. The van der Waals surface area contributed by atoms with Gasteiger partial charge in [-0.25, -0.2) is 0 Å². The van der Waals surface area contributed by atoms with Gasteiger partial charge in [0.25, 0.3) is 5.89 Å². The highest BCUT2D eigenvalue weighted by atomic mass is 16.5. The molecule has 1 aliphatic heterocycles. The lowest BCUT2D eigenvalue weighted by Crippen LogP contribution is -2.38. The van der Waals surface area contributed by atoms with Crippen LogP contribution in [0.2, 0.25) is 0 Å². The maximum Gasteiger partial charge on any atom is 0.264 e. The fourth-order valence-corrected chi connectivity index (χ4v) is 3.48. The van der Waals surface area contributed by atoms with Gasteiger partial charge >= 0.3 is 0 Å². The molecule has 6 heteroatoms. The lowest BCUT2D eigenvalue weighted by atomic mass is 10.2. The van der Waals surface area contributed by atoms with Crippen LogP contribution in [0.5, 0.6) is 0 Å². The zero-order valence-electron chi connectivity index (χ0n) is 15.4. The van der Waals surface area contributed by atoms with E-state index in [1.54, 1.807) is 0 Å². The maximum absolute atomic E-state index is 5.96. The fourth-order valence-electron chi connectivity index (χ4n) is 3.48. The summed E-state index contributed by atoms with van der Waals surface area (Å²) in [6.45, 7) is 7.70. The SMILES string of the molecule is CCCCc1nnc(-c2cc3ccccc3n2CCN2CCOCC2)o1. The Labute approximate surface area is 153 Å². The van der Waals surface area contributed by atoms with Crippen LogP contribution in [0.15, 0.2) is 34.7 Å². The number of para-hydroxylation sites is 1. The number of unbranched alkanes of at least 4 members (excludes halogenated alkanes) is 1. The number of hydrogen-bond acceptors (Lipinski definition) is 5. The first-order valence-electron chi connectivity index (χ1n) is 9.56. The number of fused-ring (bicyclic) bond motifs is 1. The first-order valence-corrected chi connectivity index (χ1v) is 9.56. The fraction of sp³-hybridized carbons (Fsp3) is 0.500. The first-order chi connectivity index (χ1) is 12.8. The molecule has 1 saturated heterocycles. The van der Waals surface area contributed by atoms with Crippen LogP contribution in [-0.4, -0.2) is 52.5 Å². The predicted molar refractivity (Wildman–Crippen MR) is 101 cm³/mol. The van der Waals surface area contributed by atoms with Gasteiger partial charge in [-0.3, -0.25) is 4.90 Å². The minimum atomic E-state index is 0.620. The summed E-state index contributed by atoms with van der Waals surface area (Å²) < 4.78 is 13.7. The van der Waals surface area contributed by atoms with Crippen molar-refractivity contribution in [3.63, 3.8) is 0 Å². The quantitative estimate of drug-likeness (QED) is 0.651. The Morgan fingerprint density at radius 1 is 1.08 bits per heavy atom. The van der Waals surface area contributed by atoms with E-state index in [2.05, 4.69) is 56.9 Å². The van der Waals surface area contributed by atoms with Gasteiger partial charge in [0.1, 0.15) is 5.69 Å². The molecule has 1 fully saturated rings. The number of ether oxygens (including phenoxy) is 1. The normalized spacial score (nSPS) is 15.7. The summed E-state index contributed by atoms with van der Waals surface area (Å²) in [6, 6.07) is 10.6. The Bertz CT molecular complexity index is 848. The Hall–Kier alpha value is -2.18. The second-order valence-corrected chi connectivity index (χ2v) is 6.80. The molecule has 0 amide bonds. The molecule has 4 rings (SSSR count). The van der Waals surface area contributed by atoms with Crippen molar-refractivity contribution in [2.45, 2.75) is 32.7 Å². The summed E-state index contributed by atoms with van der Waals surface area (Å²) in [7, 11) is 0. The van der Waals surface area contributed by atoms with Crippen molar-refractivity contribution in [1.29, 1.82) is 0 Å². The number of hydrogen-bond donors (Lipinski definition) is 0. The van der Waals surface area contributed by atoms with E-state index in [9.17, 15) is 0 Å². The Morgan fingerprint density at radius 3 is 2.77 bits per heavy atom. The molecular weight excluding hydrogens is 328 g/mol. The molecule has 0 aliphatic carbocycles. The molecule has 0 saturated carbocycles. The van der Waals surface area contributed by atoms with Crippen LogP contribution in [0.25, 0.3) is 22.5 Å². The van der Waals surface area contributed by atoms with Crippen molar-refractivity contribution in [2.24, 2.45) is 0 Å². The molecule has 0 radical (unpaired) electrons. The van der Waals surface area contributed by atoms with Gasteiger partial charge < -0.3 is 13.7 Å². The van der Waals surface area contributed by atoms with Crippen molar-refractivity contribution >= 4 is 10.9 Å². The molecule has 0 atom stereocenters. The maximum atomic E-state index is 5.96. The van der Waals surface area contributed by atoms with Crippen molar-refractivity contribution < 1.29 is 9.15 Å². The smallest absolute Gasteiger partial charge is 0.264 e. The molecule has 3 heterocycles. The zero-order chi connectivity index (χ0) is 17.8. The van der Waals surface area contributed by atoms with E-state index in [0.717, 1.165) is 70.2 Å². The molecule has 138 valence electrons. The van der Waals surface area contributed by atoms with Gasteiger partial charge in [0.2, 0.25) is 5.89 Å². The van der Waals surface area contributed by atoms with Crippen molar-refractivity contribution in [3.05, 3.63) is 36.2 Å². The molecular formula is C20H26N4O2. The van der Waals surface area contributed by atoms with Gasteiger partial charge in [-0.15, -0.1) is 10.2 Å². The molecule has 0 unspecified atom stereocenters. The lowest BCUT2D eigenvalue weighted by Gasteiger charge is -2.27. The summed E-state index contributed by atoms with van der Waals surface area (Å²) in [4.78, 5) is 2.45. The van der Waals surface area contributed by atoms with Crippen LogP contribution in [0.3, 0.4) is 0 Å². The number of nitrogens with zero attached hydrogens (tertiary/aromatic N) is 4. The largest absolute Gasteiger partial charge is 0.419 e. The minimum absolute atomic E-state index is 0.620. The Kier molecular flexibility index (Phi) is 5.32. The molecule has 0 bridgehead atoms. The highest BCUT2D eigenvalue weighted by Crippen LogP contribution is 2.28. The van der Waals surface area contributed by atoms with Crippen LogP contribution in [-0.2, 0) is 17.7 Å². The summed E-state index contributed by atoms with van der Waals surface area (Å²) in [5.41, 5.74) is 2.22. The third-order valence-corrected chi connectivity index (χ3v) is 4.98. The van der Waals surface area contributed by atoms with Crippen LogP contribution in [0, 0.1) is 0 Å². The summed E-state index contributed by atoms with van der Waals surface area (Å²) in [5.74, 6) is 1.35. The molecule has 1 aromatic carbocycles. The summed E-state index contributed by atoms with van der Waals surface area (Å²) in [5, 5.41) is 9.76. The van der Waals surface area contributed by atoms with E-state index in [4.69, 9.17) is 9.15 Å². The summed E-state index contributed by atoms with van der Waals surface area (Å²) in [6.07, 6.45) is 3.04. The number of aryl methyl sites for hydroxylation is 1. The standard InChI is InChI=1S/C20H26N4O2/c1-2-3-8-19-21-22-20(26-19)18-15-16-6-4-5-7-17(16)24(18)10-9-23-11-13-25-14-12-23/h4-7,15H,2-3,8-14H2,1H3. The van der Waals surface area contributed by atoms with Gasteiger partial charge in [0.05, 0.1) is 13.2 Å². The molecule has 3 aromatic rings. The van der Waals surface area contributed by atoms with Crippen LogP contribution in [0.1, 0.15) is 25.7 Å².